The number of nitrogens with one attached hydrogen (secondary N) is 1. The summed E-state index contributed by atoms with van der Waals surface area (Å²) >= 11 is 15.4. The lowest BCUT2D eigenvalue weighted by Gasteiger charge is -2.22. The topological polar surface area (TPSA) is 66.5 Å². The second-order valence-corrected chi connectivity index (χ2v) is 11.0. The maximum absolute atomic E-state index is 13.4. The quantitative estimate of drug-likeness (QED) is 0.377. The molecule has 1 N–H and O–H groups in total. The van der Waals surface area contributed by atoms with Crippen molar-refractivity contribution in [3.63, 3.8) is 0 Å². The third-order valence-corrected chi connectivity index (χ3v) is 7.98. The minimum Gasteiger partial charge on any atom is -0.325 e. The summed E-state index contributed by atoms with van der Waals surface area (Å²) < 4.78 is 28.6. The number of halogens is 3. The molecule has 3 aromatic carbocycles. The maximum atomic E-state index is 13.4. The van der Waals surface area contributed by atoms with Crippen LogP contribution in [0.5, 0.6) is 0 Å². The van der Waals surface area contributed by atoms with E-state index in [0.717, 1.165) is 19.9 Å². The molecule has 0 radical (unpaired) electrons. The van der Waals surface area contributed by atoms with Crippen LogP contribution in [0.25, 0.3) is 0 Å². The molecule has 0 aliphatic rings. The van der Waals surface area contributed by atoms with Gasteiger partial charge in [-0.05, 0) is 79.1 Å². The van der Waals surface area contributed by atoms with Gasteiger partial charge in [-0.25, -0.2) is 8.42 Å². The highest BCUT2D eigenvalue weighted by Crippen LogP contribution is 2.26. The minimum absolute atomic E-state index is 0.0460. The van der Waals surface area contributed by atoms with Crippen molar-refractivity contribution >= 4 is 60.7 Å². The Balaban J connectivity index is 1.89. The zero-order valence-electron chi connectivity index (χ0n) is 17.4. The van der Waals surface area contributed by atoms with Gasteiger partial charge in [0.2, 0.25) is 15.9 Å². The summed E-state index contributed by atoms with van der Waals surface area (Å²) in [6.07, 6.45) is 0. The molecule has 0 atom stereocenters. The molecule has 168 valence electrons. The molecular weight excluding hydrogens is 535 g/mol. The molecule has 0 spiro atoms. The van der Waals surface area contributed by atoms with E-state index in [2.05, 4.69) is 21.2 Å². The van der Waals surface area contributed by atoms with Gasteiger partial charge >= 0.3 is 0 Å². The number of carbonyl (C=O) groups excluding carboxylic acids is 1. The van der Waals surface area contributed by atoms with Gasteiger partial charge in [0, 0.05) is 16.7 Å². The number of rotatable bonds is 7. The molecule has 1 amide bonds. The Morgan fingerprint density at radius 2 is 1.62 bits per heavy atom. The molecule has 0 saturated carbocycles. The van der Waals surface area contributed by atoms with Gasteiger partial charge in [-0.3, -0.25) is 4.79 Å². The van der Waals surface area contributed by atoms with Crippen molar-refractivity contribution in [2.45, 2.75) is 25.3 Å². The van der Waals surface area contributed by atoms with Crippen LogP contribution in [-0.2, 0) is 21.4 Å². The fourth-order valence-electron chi connectivity index (χ4n) is 3.00. The normalized spacial score (nSPS) is 11.6. The maximum Gasteiger partial charge on any atom is 0.243 e. The summed E-state index contributed by atoms with van der Waals surface area (Å²) in [5.74, 6) is -0.450. The molecule has 3 rings (SSSR count). The van der Waals surface area contributed by atoms with E-state index in [1.165, 1.54) is 12.1 Å². The second kappa shape index (κ2) is 10.4. The van der Waals surface area contributed by atoms with Crippen molar-refractivity contribution < 1.29 is 13.2 Å². The number of amides is 1. The molecule has 0 unspecified atom stereocenters. The zero-order chi connectivity index (χ0) is 23.5. The van der Waals surface area contributed by atoms with Gasteiger partial charge in [0.15, 0.2) is 0 Å². The standard InChI is InChI=1S/C23H21BrCl2N2O3S/c1-15-3-7-19(11-16(15)2)27-23(29)14-28(13-17-4-10-21(25)22(26)12-17)32(30,31)20-8-5-18(24)6-9-20/h3-12H,13-14H2,1-2H3,(H,27,29). The Morgan fingerprint density at radius 1 is 0.938 bits per heavy atom. The summed E-state index contributed by atoms with van der Waals surface area (Å²) in [4.78, 5) is 12.9. The van der Waals surface area contributed by atoms with Crippen LogP contribution in [0.3, 0.4) is 0 Å². The fourth-order valence-corrected chi connectivity index (χ4v) is 4.97. The number of aryl methyl sites for hydroxylation is 2. The Labute approximate surface area is 206 Å². The summed E-state index contributed by atoms with van der Waals surface area (Å²) in [6, 6.07) is 16.7. The van der Waals surface area contributed by atoms with E-state index in [4.69, 9.17) is 23.2 Å². The average Bonchev–Trinajstić information content (AvgIpc) is 2.73. The van der Waals surface area contributed by atoms with Crippen LogP contribution in [0.4, 0.5) is 5.69 Å². The van der Waals surface area contributed by atoms with Gasteiger partial charge in [0.25, 0.3) is 0 Å². The van der Waals surface area contributed by atoms with Gasteiger partial charge in [-0.1, -0.05) is 51.3 Å². The van der Waals surface area contributed by atoms with Crippen LogP contribution < -0.4 is 5.32 Å². The summed E-state index contributed by atoms with van der Waals surface area (Å²) in [6.45, 7) is 3.51. The predicted octanol–water partition coefficient (Wildman–Crippen LogP) is 6.20. The molecule has 32 heavy (non-hydrogen) atoms. The van der Waals surface area contributed by atoms with Gasteiger partial charge in [-0.2, -0.15) is 4.31 Å². The third-order valence-electron chi connectivity index (χ3n) is 4.90. The molecule has 0 heterocycles. The van der Waals surface area contributed by atoms with Crippen molar-refractivity contribution in [1.29, 1.82) is 0 Å². The third kappa shape index (κ3) is 6.11. The zero-order valence-corrected chi connectivity index (χ0v) is 21.3. The first kappa shape index (κ1) is 24.7. The van der Waals surface area contributed by atoms with E-state index < -0.39 is 15.9 Å². The van der Waals surface area contributed by atoms with Crippen LogP contribution in [0.15, 0.2) is 70.0 Å². The lowest BCUT2D eigenvalue weighted by Crippen LogP contribution is -2.37. The van der Waals surface area contributed by atoms with Crippen LogP contribution in [0.2, 0.25) is 10.0 Å². The highest BCUT2D eigenvalue weighted by molar-refractivity contribution is 9.10. The smallest absolute Gasteiger partial charge is 0.243 e. The summed E-state index contributed by atoms with van der Waals surface area (Å²) in [5.41, 5.74) is 3.34. The average molecular weight is 556 g/mol. The Kier molecular flexibility index (Phi) is 8.01. The Hall–Kier alpha value is -1.90. The first-order valence-electron chi connectivity index (χ1n) is 9.63. The van der Waals surface area contributed by atoms with Gasteiger partial charge in [0.05, 0.1) is 21.5 Å². The minimum atomic E-state index is -3.97. The van der Waals surface area contributed by atoms with Crippen LogP contribution in [-0.4, -0.2) is 25.2 Å². The highest BCUT2D eigenvalue weighted by atomic mass is 79.9. The van der Waals surface area contributed by atoms with Crippen molar-refractivity contribution in [2.75, 3.05) is 11.9 Å². The molecule has 9 heteroatoms. The van der Waals surface area contributed by atoms with E-state index in [1.54, 1.807) is 36.4 Å². The fraction of sp³-hybridized carbons (Fsp3) is 0.174. The summed E-state index contributed by atoms with van der Waals surface area (Å²) in [7, 11) is -3.97. The van der Waals surface area contributed by atoms with Crippen molar-refractivity contribution in [2.24, 2.45) is 0 Å². The van der Waals surface area contributed by atoms with Crippen LogP contribution in [0.1, 0.15) is 16.7 Å². The number of carbonyl (C=O) groups is 1. The van der Waals surface area contributed by atoms with E-state index >= 15 is 0 Å². The van der Waals surface area contributed by atoms with Crippen LogP contribution >= 0.6 is 39.1 Å². The first-order chi connectivity index (χ1) is 15.1. The largest absolute Gasteiger partial charge is 0.325 e. The molecule has 0 aliphatic heterocycles. The second-order valence-electron chi connectivity index (χ2n) is 7.32. The molecule has 3 aromatic rings. The Morgan fingerprint density at radius 3 is 2.25 bits per heavy atom. The number of hydrogen-bond acceptors (Lipinski definition) is 3. The van der Waals surface area contributed by atoms with E-state index in [9.17, 15) is 13.2 Å². The number of anilines is 1. The number of hydrogen-bond donors (Lipinski definition) is 1. The molecule has 0 saturated heterocycles. The van der Waals surface area contributed by atoms with E-state index in [0.29, 0.717) is 21.3 Å². The molecule has 5 nitrogen and oxygen atoms in total. The van der Waals surface area contributed by atoms with Gasteiger partial charge < -0.3 is 5.32 Å². The number of nitrogens with zero attached hydrogens (tertiary/aromatic N) is 1. The summed E-state index contributed by atoms with van der Waals surface area (Å²) in [5, 5.41) is 3.46. The van der Waals surface area contributed by atoms with Crippen LogP contribution in [0, 0.1) is 13.8 Å². The molecular formula is C23H21BrCl2N2O3S. The van der Waals surface area contributed by atoms with Crippen molar-refractivity contribution in [1.82, 2.24) is 4.31 Å². The monoisotopic (exact) mass is 554 g/mol. The first-order valence-corrected chi connectivity index (χ1v) is 12.6. The number of benzene rings is 3. The van der Waals surface area contributed by atoms with E-state index in [1.807, 2.05) is 26.0 Å². The number of sulfonamides is 1. The Bertz CT molecular complexity index is 1250. The van der Waals surface area contributed by atoms with Crippen molar-refractivity contribution in [3.05, 3.63) is 91.9 Å². The molecule has 0 fully saturated rings. The molecule has 0 aromatic heterocycles. The van der Waals surface area contributed by atoms with E-state index in [-0.39, 0.29) is 18.0 Å². The predicted molar refractivity (Wildman–Crippen MR) is 133 cm³/mol. The SMILES string of the molecule is Cc1ccc(NC(=O)CN(Cc2ccc(Cl)c(Cl)c2)S(=O)(=O)c2ccc(Br)cc2)cc1C. The van der Waals surface area contributed by atoms with Crippen molar-refractivity contribution in [3.8, 4) is 0 Å². The highest BCUT2D eigenvalue weighted by Gasteiger charge is 2.27. The molecule has 0 aliphatic carbocycles. The van der Waals surface area contributed by atoms with Gasteiger partial charge in [-0.15, -0.1) is 0 Å². The van der Waals surface area contributed by atoms with Gasteiger partial charge in [0.1, 0.15) is 0 Å². The lowest BCUT2D eigenvalue weighted by molar-refractivity contribution is -0.116. The lowest BCUT2D eigenvalue weighted by atomic mass is 10.1. The molecule has 0 bridgehead atoms.